The van der Waals surface area contributed by atoms with Crippen molar-refractivity contribution < 1.29 is 18.0 Å². The normalized spacial score (nSPS) is 27.9. The Balaban J connectivity index is 1.76. The summed E-state index contributed by atoms with van der Waals surface area (Å²) < 4.78 is 38.1. The van der Waals surface area contributed by atoms with Crippen LogP contribution in [0.25, 0.3) is 0 Å². The summed E-state index contributed by atoms with van der Waals surface area (Å²) in [6.07, 6.45) is -2.93. The van der Waals surface area contributed by atoms with Crippen molar-refractivity contribution in [3.8, 4) is 0 Å². The van der Waals surface area contributed by atoms with E-state index >= 15 is 0 Å². The van der Waals surface area contributed by atoms with E-state index in [0.717, 1.165) is 32.3 Å². The van der Waals surface area contributed by atoms with Gasteiger partial charge in [-0.25, -0.2) is 9.97 Å². The summed E-state index contributed by atoms with van der Waals surface area (Å²) in [6.45, 7) is 2.64. The van der Waals surface area contributed by atoms with Crippen molar-refractivity contribution in [2.24, 2.45) is 5.92 Å². The maximum absolute atomic E-state index is 12.7. The van der Waals surface area contributed by atoms with Crippen molar-refractivity contribution in [2.75, 3.05) is 19.6 Å². The summed E-state index contributed by atoms with van der Waals surface area (Å²) in [5.41, 5.74) is -1.29. The van der Waals surface area contributed by atoms with E-state index in [1.165, 1.54) is 0 Å². The monoisotopic (exact) mass is 320 g/mol. The number of amides is 1. The molecule has 0 spiro atoms. The summed E-state index contributed by atoms with van der Waals surface area (Å²) in [6, 6.07) is -0.0557. The molecule has 3 atom stereocenters. The Morgan fingerprint density at radius 2 is 2.19 bits per heavy atom. The second-order valence-electron chi connectivity index (χ2n) is 5.28. The zero-order valence-corrected chi connectivity index (χ0v) is 11.6. The van der Waals surface area contributed by atoms with Crippen LogP contribution in [0.1, 0.15) is 22.7 Å². The Labute approximate surface area is 123 Å². The summed E-state index contributed by atoms with van der Waals surface area (Å²) in [7, 11) is 0. The summed E-state index contributed by atoms with van der Waals surface area (Å²) in [4.78, 5) is 21.1. The molecule has 1 aromatic heterocycles. The third-order valence-corrected chi connectivity index (χ3v) is 4.14. The number of hydrogen-bond donors (Lipinski definition) is 1. The third-order valence-electron chi connectivity index (χ3n) is 3.86. The number of nitrogens with one attached hydrogen (secondary N) is 1. The fourth-order valence-electron chi connectivity index (χ4n) is 2.86. The third kappa shape index (κ3) is 2.82. The lowest BCUT2D eigenvalue weighted by atomic mass is 10.00. The molecule has 3 heterocycles. The summed E-state index contributed by atoms with van der Waals surface area (Å²) in [5.74, 6) is -0.858. The van der Waals surface area contributed by atoms with Crippen molar-refractivity contribution >= 4 is 17.5 Å². The highest BCUT2D eigenvalue weighted by Gasteiger charge is 2.40. The van der Waals surface area contributed by atoms with Gasteiger partial charge in [0, 0.05) is 19.1 Å². The molecule has 2 fully saturated rings. The van der Waals surface area contributed by atoms with Crippen LogP contribution in [-0.4, -0.2) is 46.5 Å². The second-order valence-corrected chi connectivity index (χ2v) is 5.68. The number of rotatable bonds is 2. The molecule has 3 rings (SSSR count). The van der Waals surface area contributed by atoms with Crippen LogP contribution >= 0.6 is 11.6 Å². The SMILES string of the molecule is O=C(NC1CN2CC[C@H]1C2)c1ncc(Cl)c(C(F)(F)F)n1. The molecule has 2 bridgehead atoms. The topological polar surface area (TPSA) is 58.1 Å². The molecular formula is C12H12ClF3N4O. The molecule has 1 aromatic rings. The Hall–Kier alpha value is -1.41. The van der Waals surface area contributed by atoms with Crippen molar-refractivity contribution in [3.05, 3.63) is 22.7 Å². The number of alkyl halides is 3. The van der Waals surface area contributed by atoms with Gasteiger partial charge in [0.2, 0.25) is 5.82 Å². The number of piperidine rings is 1. The minimum absolute atomic E-state index is 0.0557. The van der Waals surface area contributed by atoms with E-state index in [0.29, 0.717) is 5.92 Å². The average molecular weight is 321 g/mol. The van der Waals surface area contributed by atoms with Crippen molar-refractivity contribution in [2.45, 2.75) is 18.6 Å². The molecular weight excluding hydrogens is 309 g/mol. The first-order chi connectivity index (χ1) is 9.84. The zero-order valence-electron chi connectivity index (χ0n) is 10.8. The van der Waals surface area contributed by atoms with Gasteiger partial charge in [0.05, 0.1) is 11.2 Å². The predicted molar refractivity (Wildman–Crippen MR) is 67.8 cm³/mol. The number of carbonyl (C=O) groups excluding carboxylic acids is 1. The van der Waals surface area contributed by atoms with E-state index in [1.807, 2.05) is 0 Å². The number of fused-ring (bicyclic) bond motifs is 2. The van der Waals surface area contributed by atoms with Crippen molar-refractivity contribution in [3.63, 3.8) is 0 Å². The molecule has 5 nitrogen and oxygen atoms in total. The van der Waals surface area contributed by atoms with Gasteiger partial charge in [0.15, 0.2) is 5.69 Å². The van der Waals surface area contributed by atoms with Gasteiger partial charge in [-0.2, -0.15) is 13.2 Å². The Kier molecular flexibility index (Phi) is 3.53. The van der Waals surface area contributed by atoms with Crippen LogP contribution in [0, 0.1) is 5.92 Å². The van der Waals surface area contributed by atoms with Gasteiger partial charge >= 0.3 is 6.18 Å². The van der Waals surface area contributed by atoms with Crippen molar-refractivity contribution in [1.29, 1.82) is 0 Å². The fourth-order valence-corrected chi connectivity index (χ4v) is 3.05. The smallest absolute Gasteiger partial charge is 0.345 e. The first-order valence-electron chi connectivity index (χ1n) is 6.47. The molecule has 0 aliphatic carbocycles. The average Bonchev–Trinajstić information content (AvgIpc) is 3.00. The molecule has 9 heteroatoms. The van der Waals surface area contributed by atoms with Crippen LogP contribution in [0.5, 0.6) is 0 Å². The predicted octanol–water partition coefficient (Wildman–Crippen LogP) is 1.58. The van der Waals surface area contributed by atoms with Crippen LogP contribution in [-0.2, 0) is 6.18 Å². The van der Waals surface area contributed by atoms with Crippen LogP contribution in [0.2, 0.25) is 5.02 Å². The van der Waals surface area contributed by atoms with Gasteiger partial charge in [0.1, 0.15) is 0 Å². The minimum Gasteiger partial charge on any atom is -0.345 e. The quantitative estimate of drug-likeness (QED) is 0.899. The summed E-state index contributed by atoms with van der Waals surface area (Å²) in [5, 5.41) is 2.09. The molecule has 0 radical (unpaired) electrons. The van der Waals surface area contributed by atoms with E-state index < -0.39 is 28.6 Å². The largest absolute Gasteiger partial charge is 0.434 e. The second kappa shape index (κ2) is 5.10. The zero-order chi connectivity index (χ0) is 15.2. The highest BCUT2D eigenvalue weighted by atomic mass is 35.5. The summed E-state index contributed by atoms with van der Waals surface area (Å²) >= 11 is 5.42. The molecule has 2 saturated heterocycles. The molecule has 1 N–H and O–H groups in total. The number of nitrogens with zero attached hydrogens (tertiary/aromatic N) is 3. The lowest BCUT2D eigenvalue weighted by molar-refractivity contribution is -0.141. The lowest BCUT2D eigenvalue weighted by Gasteiger charge is -2.22. The van der Waals surface area contributed by atoms with Crippen LogP contribution in [0.3, 0.4) is 0 Å². The Morgan fingerprint density at radius 1 is 1.43 bits per heavy atom. The van der Waals surface area contributed by atoms with Crippen LogP contribution < -0.4 is 5.32 Å². The Bertz CT molecular complexity index is 580. The highest BCUT2D eigenvalue weighted by molar-refractivity contribution is 6.31. The molecule has 1 amide bonds. The van der Waals surface area contributed by atoms with E-state index in [4.69, 9.17) is 11.6 Å². The molecule has 114 valence electrons. The number of hydrogen-bond acceptors (Lipinski definition) is 4. The van der Waals surface area contributed by atoms with Gasteiger partial charge in [-0.3, -0.25) is 4.79 Å². The highest BCUT2D eigenvalue weighted by Crippen LogP contribution is 2.32. The molecule has 2 aliphatic rings. The molecule has 0 saturated carbocycles. The first-order valence-corrected chi connectivity index (χ1v) is 6.85. The molecule has 0 aromatic carbocycles. The molecule has 2 unspecified atom stereocenters. The van der Waals surface area contributed by atoms with Crippen LogP contribution in [0.4, 0.5) is 13.2 Å². The molecule has 2 aliphatic heterocycles. The van der Waals surface area contributed by atoms with E-state index in [-0.39, 0.29) is 6.04 Å². The Morgan fingerprint density at radius 3 is 2.76 bits per heavy atom. The van der Waals surface area contributed by atoms with Gasteiger partial charge in [-0.05, 0) is 18.9 Å². The fraction of sp³-hybridized carbons (Fsp3) is 0.583. The van der Waals surface area contributed by atoms with E-state index in [9.17, 15) is 18.0 Å². The molecule has 21 heavy (non-hydrogen) atoms. The minimum atomic E-state index is -4.72. The number of carbonyl (C=O) groups is 1. The van der Waals surface area contributed by atoms with Gasteiger partial charge in [-0.15, -0.1) is 0 Å². The first kappa shape index (κ1) is 14.5. The van der Waals surface area contributed by atoms with Gasteiger partial charge in [-0.1, -0.05) is 11.6 Å². The van der Waals surface area contributed by atoms with Crippen molar-refractivity contribution in [1.82, 2.24) is 20.2 Å². The van der Waals surface area contributed by atoms with Gasteiger partial charge < -0.3 is 10.2 Å². The van der Waals surface area contributed by atoms with E-state index in [1.54, 1.807) is 0 Å². The van der Waals surface area contributed by atoms with E-state index in [2.05, 4.69) is 20.2 Å². The standard InChI is InChI=1S/C12H12ClF3N4O/c13-7-3-17-10(19-9(7)12(14,15)16)11(21)18-8-5-20-2-1-6(8)4-20/h3,6,8H,1-2,4-5H2,(H,18,21)/t6-,8?/m0/s1. The van der Waals surface area contributed by atoms with Gasteiger partial charge in [0.25, 0.3) is 5.91 Å². The maximum Gasteiger partial charge on any atom is 0.434 e. The maximum atomic E-state index is 12.7. The number of halogens is 4. The van der Waals surface area contributed by atoms with Crippen LogP contribution in [0.15, 0.2) is 6.20 Å². The lowest BCUT2D eigenvalue weighted by Crippen LogP contribution is -2.43. The number of aromatic nitrogens is 2.